The SMILES string of the molecule is CCC(=O)C1=C(c2ccc(I)cc2)CC2CC[C@@H]1S2. The van der Waals surface area contributed by atoms with Gasteiger partial charge in [-0.3, -0.25) is 4.79 Å². The molecular weight excluding hydrogens is 367 g/mol. The molecule has 0 radical (unpaired) electrons. The summed E-state index contributed by atoms with van der Waals surface area (Å²) in [7, 11) is 0. The van der Waals surface area contributed by atoms with Crippen LogP contribution < -0.4 is 0 Å². The van der Waals surface area contributed by atoms with E-state index in [-0.39, 0.29) is 0 Å². The smallest absolute Gasteiger partial charge is 0.160 e. The Labute approximate surface area is 132 Å². The van der Waals surface area contributed by atoms with Crippen molar-refractivity contribution in [1.82, 2.24) is 0 Å². The summed E-state index contributed by atoms with van der Waals surface area (Å²) in [5.74, 6) is 0.353. The Morgan fingerprint density at radius 3 is 2.74 bits per heavy atom. The minimum atomic E-state index is 0.353. The average molecular weight is 384 g/mol. The van der Waals surface area contributed by atoms with Gasteiger partial charge in [0.05, 0.1) is 0 Å². The van der Waals surface area contributed by atoms with Crippen LogP contribution in [-0.4, -0.2) is 16.3 Å². The number of fused-ring (bicyclic) bond motifs is 2. The zero-order valence-corrected chi connectivity index (χ0v) is 14.0. The van der Waals surface area contributed by atoms with Crippen LogP contribution in [0.3, 0.4) is 0 Å². The minimum absolute atomic E-state index is 0.353. The van der Waals surface area contributed by atoms with Crippen LogP contribution in [0.25, 0.3) is 5.57 Å². The molecule has 1 saturated heterocycles. The van der Waals surface area contributed by atoms with Gasteiger partial charge in [0, 0.05) is 26.1 Å². The number of ketones is 1. The number of halogens is 1. The second-order valence-corrected chi connectivity index (χ2v) is 7.96. The molecule has 1 nitrogen and oxygen atoms in total. The molecule has 0 aromatic heterocycles. The van der Waals surface area contributed by atoms with Crippen LogP contribution in [0.4, 0.5) is 0 Å². The summed E-state index contributed by atoms with van der Waals surface area (Å²) in [6.45, 7) is 1.98. The van der Waals surface area contributed by atoms with Crippen molar-refractivity contribution < 1.29 is 4.79 Å². The number of allylic oxidation sites excluding steroid dienone is 1. The number of carbonyl (C=O) groups excluding carboxylic acids is 1. The van der Waals surface area contributed by atoms with Crippen LogP contribution in [-0.2, 0) is 4.79 Å². The van der Waals surface area contributed by atoms with Crippen LogP contribution in [0.2, 0.25) is 0 Å². The first-order chi connectivity index (χ1) is 9.19. The summed E-state index contributed by atoms with van der Waals surface area (Å²) in [4.78, 5) is 12.3. The van der Waals surface area contributed by atoms with E-state index in [1.54, 1.807) is 0 Å². The molecule has 2 aliphatic rings. The minimum Gasteiger partial charge on any atom is -0.295 e. The molecule has 2 atom stereocenters. The monoisotopic (exact) mass is 384 g/mol. The molecule has 0 saturated carbocycles. The number of Topliss-reactive ketones (excluding diaryl/α,β-unsaturated/α-hetero) is 1. The van der Waals surface area contributed by atoms with Gasteiger partial charge in [-0.25, -0.2) is 0 Å². The molecule has 0 aliphatic carbocycles. The maximum Gasteiger partial charge on any atom is 0.160 e. The van der Waals surface area contributed by atoms with Gasteiger partial charge >= 0.3 is 0 Å². The first kappa shape index (κ1) is 13.7. The van der Waals surface area contributed by atoms with Crippen LogP contribution >= 0.6 is 34.4 Å². The molecule has 0 spiro atoms. The molecule has 3 rings (SSSR count). The van der Waals surface area contributed by atoms with Crippen molar-refractivity contribution in [3.8, 4) is 0 Å². The maximum absolute atomic E-state index is 12.3. The maximum atomic E-state index is 12.3. The fourth-order valence-corrected chi connectivity index (χ4v) is 5.10. The quantitative estimate of drug-likeness (QED) is 0.704. The summed E-state index contributed by atoms with van der Waals surface area (Å²) < 4.78 is 1.25. The van der Waals surface area contributed by atoms with Gasteiger partial charge in [0.2, 0.25) is 0 Å². The summed E-state index contributed by atoms with van der Waals surface area (Å²) in [5, 5.41) is 1.19. The molecule has 100 valence electrons. The van der Waals surface area contributed by atoms with Crippen LogP contribution in [0.1, 0.15) is 38.2 Å². The summed E-state index contributed by atoms with van der Waals surface area (Å²) >= 11 is 4.35. The zero-order valence-electron chi connectivity index (χ0n) is 11.0. The number of rotatable bonds is 3. The summed E-state index contributed by atoms with van der Waals surface area (Å²) in [5.41, 5.74) is 3.71. The van der Waals surface area contributed by atoms with E-state index in [1.165, 1.54) is 27.5 Å². The van der Waals surface area contributed by atoms with E-state index < -0.39 is 0 Å². The number of benzene rings is 1. The van der Waals surface area contributed by atoms with E-state index in [0.717, 1.165) is 17.2 Å². The highest BCUT2D eigenvalue weighted by atomic mass is 127. The highest BCUT2D eigenvalue weighted by Gasteiger charge is 2.37. The van der Waals surface area contributed by atoms with Crippen molar-refractivity contribution in [2.75, 3.05) is 0 Å². The van der Waals surface area contributed by atoms with Crippen molar-refractivity contribution in [3.63, 3.8) is 0 Å². The van der Waals surface area contributed by atoms with Crippen LogP contribution in [0.5, 0.6) is 0 Å². The standard InChI is InChI=1S/C16H17IOS/c1-2-14(18)16-13(9-12-7-8-15(16)19-12)10-3-5-11(17)6-4-10/h3-6,12,15H,2,7-9H2,1H3/t12?,15-/m0/s1. The summed E-state index contributed by atoms with van der Waals surface area (Å²) in [6.07, 6.45) is 4.15. The number of hydrogen-bond acceptors (Lipinski definition) is 2. The van der Waals surface area contributed by atoms with Crippen molar-refractivity contribution in [3.05, 3.63) is 39.0 Å². The van der Waals surface area contributed by atoms with E-state index >= 15 is 0 Å². The zero-order chi connectivity index (χ0) is 13.4. The van der Waals surface area contributed by atoms with Gasteiger partial charge in [0.1, 0.15) is 0 Å². The second-order valence-electron chi connectivity index (χ2n) is 5.20. The topological polar surface area (TPSA) is 17.1 Å². The van der Waals surface area contributed by atoms with Gasteiger partial charge in [0.15, 0.2) is 5.78 Å². The Kier molecular flexibility index (Phi) is 4.03. The second kappa shape index (κ2) is 5.60. The predicted octanol–water partition coefficient (Wildman–Crippen LogP) is 4.69. The molecule has 1 fully saturated rings. The van der Waals surface area contributed by atoms with Gasteiger partial charge < -0.3 is 0 Å². The molecule has 3 heteroatoms. The number of carbonyl (C=O) groups is 1. The third-order valence-corrected chi connectivity index (χ3v) is 6.31. The van der Waals surface area contributed by atoms with Crippen molar-refractivity contribution in [2.45, 2.75) is 43.1 Å². The Bertz CT molecular complexity index is 532. The van der Waals surface area contributed by atoms with Crippen molar-refractivity contribution >= 4 is 45.7 Å². The highest BCUT2D eigenvalue weighted by molar-refractivity contribution is 14.1. The third-order valence-electron chi connectivity index (χ3n) is 4.00. The molecule has 1 aromatic carbocycles. The van der Waals surface area contributed by atoms with Gasteiger partial charge in [-0.05, 0) is 65.1 Å². The normalized spacial score (nSPS) is 25.8. The highest BCUT2D eigenvalue weighted by Crippen LogP contribution is 2.49. The predicted molar refractivity (Wildman–Crippen MR) is 90.4 cm³/mol. The Morgan fingerprint density at radius 2 is 2.05 bits per heavy atom. The van der Waals surface area contributed by atoms with E-state index in [1.807, 2.05) is 18.7 Å². The van der Waals surface area contributed by atoms with E-state index in [9.17, 15) is 4.79 Å². The molecule has 1 aromatic rings. The lowest BCUT2D eigenvalue weighted by molar-refractivity contribution is -0.115. The molecule has 2 aliphatic heterocycles. The first-order valence-electron chi connectivity index (χ1n) is 6.86. The Hall–Kier alpha value is -0.290. The fraction of sp³-hybridized carbons (Fsp3) is 0.438. The molecular formula is C16H17IOS. The fourth-order valence-electron chi connectivity index (χ4n) is 3.06. The molecule has 0 N–H and O–H groups in total. The largest absolute Gasteiger partial charge is 0.295 e. The Balaban J connectivity index is 2.07. The number of thioether (sulfide) groups is 1. The van der Waals surface area contributed by atoms with E-state index in [4.69, 9.17) is 0 Å². The summed E-state index contributed by atoms with van der Waals surface area (Å²) in [6, 6.07) is 8.63. The lowest BCUT2D eigenvalue weighted by atomic mass is 9.92. The molecule has 19 heavy (non-hydrogen) atoms. The van der Waals surface area contributed by atoms with Crippen LogP contribution in [0.15, 0.2) is 29.8 Å². The molecule has 2 bridgehead atoms. The van der Waals surface area contributed by atoms with E-state index in [2.05, 4.69) is 46.9 Å². The van der Waals surface area contributed by atoms with Crippen LogP contribution in [0, 0.1) is 3.57 Å². The molecule has 1 unspecified atom stereocenters. The first-order valence-corrected chi connectivity index (χ1v) is 8.89. The Morgan fingerprint density at radius 1 is 1.32 bits per heavy atom. The van der Waals surface area contributed by atoms with Crippen molar-refractivity contribution in [2.24, 2.45) is 0 Å². The van der Waals surface area contributed by atoms with Gasteiger partial charge in [0.25, 0.3) is 0 Å². The third kappa shape index (κ3) is 2.64. The van der Waals surface area contributed by atoms with Gasteiger partial charge in [-0.15, -0.1) is 11.8 Å². The van der Waals surface area contributed by atoms with Gasteiger partial charge in [-0.2, -0.15) is 0 Å². The van der Waals surface area contributed by atoms with E-state index in [0.29, 0.717) is 17.5 Å². The van der Waals surface area contributed by atoms with Gasteiger partial charge in [-0.1, -0.05) is 19.1 Å². The lowest BCUT2D eigenvalue weighted by Crippen LogP contribution is -2.19. The van der Waals surface area contributed by atoms with Crippen molar-refractivity contribution in [1.29, 1.82) is 0 Å². The molecule has 0 amide bonds. The average Bonchev–Trinajstić information content (AvgIpc) is 2.80. The lowest BCUT2D eigenvalue weighted by Gasteiger charge is -2.25. The molecule has 2 heterocycles. The number of hydrogen-bond donors (Lipinski definition) is 0.